The molecule has 0 fully saturated rings. The van der Waals surface area contributed by atoms with Crippen LogP contribution >= 0.6 is 12.2 Å². The SMILES string of the molecule is Cc1ccc(-n2nnn(Cc3ccccc3)c2=S)cc1. The van der Waals surface area contributed by atoms with Gasteiger partial charge in [-0.3, -0.25) is 0 Å². The summed E-state index contributed by atoms with van der Waals surface area (Å²) in [6.45, 7) is 2.68. The zero-order chi connectivity index (χ0) is 13.9. The first-order chi connectivity index (χ1) is 9.74. The van der Waals surface area contributed by atoms with Gasteiger partial charge in [0, 0.05) is 0 Å². The second-order valence-corrected chi connectivity index (χ2v) is 5.02. The summed E-state index contributed by atoms with van der Waals surface area (Å²) >= 11 is 5.44. The number of hydrogen-bond acceptors (Lipinski definition) is 3. The molecule has 20 heavy (non-hydrogen) atoms. The topological polar surface area (TPSA) is 35.6 Å². The smallest absolute Gasteiger partial charge is 0.214 e. The van der Waals surface area contributed by atoms with Crippen molar-refractivity contribution in [3.05, 3.63) is 70.5 Å². The Morgan fingerprint density at radius 3 is 2.35 bits per heavy atom. The van der Waals surface area contributed by atoms with Crippen LogP contribution in [0.3, 0.4) is 0 Å². The summed E-state index contributed by atoms with van der Waals surface area (Å²) in [4.78, 5) is 0. The molecule has 0 N–H and O–H groups in total. The average molecular weight is 282 g/mol. The standard InChI is InChI=1S/C15H14N4S/c1-12-7-9-14(10-8-12)19-15(20)18(16-17-19)11-13-5-3-2-4-6-13/h2-10H,11H2,1H3. The number of aryl methyl sites for hydroxylation is 1. The Morgan fingerprint density at radius 2 is 1.65 bits per heavy atom. The molecule has 0 amide bonds. The van der Waals surface area contributed by atoms with E-state index < -0.39 is 0 Å². The molecule has 0 saturated carbocycles. The summed E-state index contributed by atoms with van der Waals surface area (Å²) in [6, 6.07) is 18.2. The Bertz CT molecular complexity index is 757. The predicted molar refractivity (Wildman–Crippen MR) is 80.5 cm³/mol. The van der Waals surface area contributed by atoms with Crippen LogP contribution in [0, 0.1) is 11.7 Å². The number of rotatable bonds is 3. The first kappa shape index (κ1) is 12.7. The highest BCUT2D eigenvalue weighted by molar-refractivity contribution is 7.71. The second kappa shape index (κ2) is 5.38. The Kier molecular flexibility index (Phi) is 3.43. The number of tetrazole rings is 1. The Balaban J connectivity index is 1.93. The molecule has 0 saturated heterocycles. The molecule has 0 aliphatic rings. The van der Waals surface area contributed by atoms with Crippen molar-refractivity contribution in [2.45, 2.75) is 13.5 Å². The van der Waals surface area contributed by atoms with Gasteiger partial charge in [-0.25, -0.2) is 4.68 Å². The van der Waals surface area contributed by atoms with E-state index in [1.54, 1.807) is 9.36 Å². The summed E-state index contributed by atoms with van der Waals surface area (Å²) in [5.74, 6) is 0. The molecular weight excluding hydrogens is 268 g/mol. The van der Waals surface area contributed by atoms with Gasteiger partial charge in [0.05, 0.1) is 12.2 Å². The van der Waals surface area contributed by atoms with Gasteiger partial charge in [-0.1, -0.05) is 48.0 Å². The molecule has 1 heterocycles. The van der Waals surface area contributed by atoms with Gasteiger partial charge < -0.3 is 0 Å². The van der Waals surface area contributed by atoms with Crippen LogP contribution < -0.4 is 0 Å². The molecule has 100 valence electrons. The van der Waals surface area contributed by atoms with Crippen molar-refractivity contribution in [1.29, 1.82) is 0 Å². The fraction of sp³-hybridized carbons (Fsp3) is 0.133. The van der Waals surface area contributed by atoms with Crippen LogP contribution in [0.2, 0.25) is 0 Å². The number of nitrogens with zero attached hydrogens (tertiary/aromatic N) is 4. The van der Waals surface area contributed by atoms with Crippen LogP contribution in [0.25, 0.3) is 5.69 Å². The van der Waals surface area contributed by atoms with Crippen molar-refractivity contribution >= 4 is 12.2 Å². The zero-order valence-corrected chi connectivity index (χ0v) is 11.9. The third-order valence-corrected chi connectivity index (χ3v) is 3.48. The maximum Gasteiger partial charge on any atom is 0.221 e. The Morgan fingerprint density at radius 1 is 0.950 bits per heavy atom. The normalized spacial score (nSPS) is 10.7. The van der Waals surface area contributed by atoms with E-state index in [9.17, 15) is 0 Å². The van der Waals surface area contributed by atoms with E-state index >= 15 is 0 Å². The van der Waals surface area contributed by atoms with Gasteiger partial charge in [0.2, 0.25) is 4.77 Å². The van der Waals surface area contributed by atoms with E-state index in [0.717, 1.165) is 11.3 Å². The lowest BCUT2D eigenvalue weighted by atomic mass is 10.2. The van der Waals surface area contributed by atoms with Crippen molar-refractivity contribution in [3.8, 4) is 5.69 Å². The van der Waals surface area contributed by atoms with Crippen molar-refractivity contribution in [1.82, 2.24) is 19.8 Å². The molecule has 0 atom stereocenters. The first-order valence-corrected chi connectivity index (χ1v) is 6.79. The summed E-state index contributed by atoms with van der Waals surface area (Å²) < 4.78 is 4.00. The maximum atomic E-state index is 5.44. The molecule has 0 spiro atoms. The van der Waals surface area contributed by atoms with Crippen molar-refractivity contribution < 1.29 is 0 Å². The van der Waals surface area contributed by atoms with Gasteiger partial charge in [0.15, 0.2) is 0 Å². The van der Waals surface area contributed by atoms with Gasteiger partial charge in [-0.2, -0.15) is 4.68 Å². The van der Waals surface area contributed by atoms with Crippen LogP contribution in [0.4, 0.5) is 0 Å². The highest BCUT2D eigenvalue weighted by Crippen LogP contribution is 2.09. The number of hydrogen-bond donors (Lipinski definition) is 0. The monoisotopic (exact) mass is 282 g/mol. The average Bonchev–Trinajstić information content (AvgIpc) is 2.83. The molecule has 3 rings (SSSR count). The van der Waals surface area contributed by atoms with E-state index in [4.69, 9.17) is 12.2 Å². The minimum absolute atomic E-state index is 0.595. The van der Waals surface area contributed by atoms with Gasteiger partial charge in [0.1, 0.15) is 0 Å². The summed E-state index contributed by atoms with van der Waals surface area (Å²) in [6.07, 6.45) is 0. The van der Waals surface area contributed by atoms with Crippen LogP contribution in [0.1, 0.15) is 11.1 Å². The van der Waals surface area contributed by atoms with Gasteiger partial charge in [0.25, 0.3) is 0 Å². The summed E-state index contributed by atoms with van der Waals surface area (Å²) in [5.41, 5.74) is 3.29. The molecule has 0 radical (unpaired) electrons. The van der Waals surface area contributed by atoms with E-state index in [1.165, 1.54) is 5.56 Å². The molecule has 2 aromatic carbocycles. The number of aromatic nitrogens is 4. The second-order valence-electron chi connectivity index (χ2n) is 4.65. The minimum Gasteiger partial charge on any atom is -0.214 e. The molecule has 1 aromatic heterocycles. The van der Waals surface area contributed by atoms with Crippen LogP contribution in [0.5, 0.6) is 0 Å². The maximum absolute atomic E-state index is 5.44. The lowest BCUT2D eigenvalue weighted by Gasteiger charge is -2.01. The van der Waals surface area contributed by atoms with E-state index in [-0.39, 0.29) is 0 Å². The lowest BCUT2D eigenvalue weighted by molar-refractivity contribution is 0.641. The molecule has 0 aliphatic carbocycles. The highest BCUT2D eigenvalue weighted by atomic mass is 32.1. The fourth-order valence-corrected chi connectivity index (χ4v) is 2.22. The number of benzene rings is 2. The predicted octanol–water partition coefficient (Wildman–Crippen LogP) is 3.16. The lowest BCUT2D eigenvalue weighted by Crippen LogP contribution is -2.03. The molecule has 5 heteroatoms. The van der Waals surface area contributed by atoms with E-state index in [2.05, 4.69) is 17.4 Å². The van der Waals surface area contributed by atoms with Crippen molar-refractivity contribution in [2.75, 3.05) is 0 Å². The van der Waals surface area contributed by atoms with Crippen molar-refractivity contribution in [2.24, 2.45) is 0 Å². The largest absolute Gasteiger partial charge is 0.221 e. The first-order valence-electron chi connectivity index (χ1n) is 6.38. The van der Waals surface area contributed by atoms with Gasteiger partial charge in [-0.05, 0) is 47.3 Å². The van der Waals surface area contributed by atoms with Crippen molar-refractivity contribution in [3.63, 3.8) is 0 Å². The van der Waals surface area contributed by atoms with E-state index in [0.29, 0.717) is 11.3 Å². The molecule has 0 bridgehead atoms. The van der Waals surface area contributed by atoms with Gasteiger partial charge >= 0.3 is 0 Å². The molecule has 0 unspecified atom stereocenters. The van der Waals surface area contributed by atoms with Crippen LogP contribution in [-0.4, -0.2) is 19.8 Å². The third kappa shape index (κ3) is 2.53. The molecule has 3 aromatic rings. The van der Waals surface area contributed by atoms with Gasteiger partial charge in [-0.15, -0.1) is 0 Å². The summed E-state index contributed by atoms with van der Waals surface area (Å²) in [7, 11) is 0. The highest BCUT2D eigenvalue weighted by Gasteiger charge is 2.05. The quantitative estimate of drug-likeness (QED) is 0.692. The minimum atomic E-state index is 0.595. The molecular formula is C15H14N4S. The van der Waals surface area contributed by atoms with E-state index in [1.807, 2.05) is 54.6 Å². The van der Waals surface area contributed by atoms with Crippen LogP contribution in [0.15, 0.2) is 54.6 Å². The Labute approximate surface area is 122 Å². The third-order valence-electron chi connectivity index (χ3n) is 3.09. The summed E-state index contributed by atoms with van der Waals surface area (Å²) in [5, 5.41) is 8.27. The zero-order valence-electron chi connectivity index (χ0n) is 11.1. The fourth-order valence-electron chi connectivity index (χ4n) is 1.98. The Hall–Kier alpha value is -2.27. The molecule has 0 aliphatic heterocycles. The van der Waals surface area contributed by atoms with Crippen LogP contribution in [-0.2, 0) is 6.54 Å². The molecule has 4 nitrogen and oxygen atoms in total.